The highest BCUT2D eigenvalue weighted by atomic mass is 14.0. The summed E-state index contributed by atoms with van der Waals surface area (Å²) in [7, 11) is 0. The molecule has 0 bridgehead atoms. The molecule has 0 saturated heterocycles. The summed E-state index contributed by atoms with van der Waals surface area (Å²) >= 11 is 0. The van der Waals surface area contributed by atoms with Gasteiger partial charge in [-0.15, -0.1) is 6.58 Å². The molecule has 0 aromatic rings. The first kappa shape index (κ1) is 9.74. The number of rotatable bonds is 6. The minimum Gasteiger partial charge on any atom is -0.103 e. The molecule has 0 nitrogen and oxygen atoms in total. The topological polar surface area (TPSA) is 0 Å². The highest BCUT2D eigenvalue weighted by Gasteiger charge is 1.96. The molecule has 60 valence electrons. The maximum atomic E-state index is 3.70. The highest BCUT2D eigenvalue weighted by molar-refractivity contribution is 4.65. The third-order valence-electron chi connectivity index (χ3n) is 2.05. The lowest BCUT2D eigenvalue weighted by Gasteiger charge is -2.05. The maximum Gasteiger partial charge on any atom is -0.0353 e. The first-order valence-corrected chi connectivity index (χ1v) is 4.42. The smallest absolute Gasteiger partial charge is 0.0353 e. The second kappa shape index (κ2) is 6.85. The van der Waals surface area contributed by atoms with Gasteiger partial charge in [-0.3, -0.25) is 0 Å². The fraction of sp³-hybridized carbons (Fsp3) is 0.800. The van der Waals surface area contributed by atoms with E-state index in [0.29, 0.717) is 0 Å². The summed E-state index contributed by atoms with van der Waals surface area (Å²) in [6.07, 6.45) is 8.63. The first-order valence-electron chi connectivity index (χ1n) is 4.42. The second-order valence-corrected chi connectivity index (χ2v) is 3.09. The Morgan fingerprint density at radius 3 is 2.60 bits per heavy atom. The van der Waals surface area contributed by atoms with E-state index in [0.717, 1.165) is 5.92 Å². The quantitative estimate of drug-likeness (QED) is 0.389. The van der Waals surface area contributed by atoms with Gasteiger partial charge in [0, 0.05) is 0 Å². The summed E-state index contributed by atoms with van der Waals surface area (Å²) < 4.78 is 0. The summed E-state index contributed by atoms with van der Waals surface area (Å²) in [5, 5.41) is 0. The van der Waals surface area contributed by atoms with E-state index < -0.39 is 0 Å². The fourth-order valence-electron chi connectivity index (χ4n) is 0.986. The normalized spacial score (nSPS) is 13.0. The van der Waals surface area contributed by atoms with Gasteiger partial charge in [0.15, 0.2) is 0 Å². The Morgan fingerprint density at radius 1 is 1.40 bits per heavy atom. The number of hydrogen-bond acceptors (Lipinski definition) is 0. The van der Waals surface area contributed by atoms with E-state index in [1.807, 2.05) is 6.08 Å². The molecule has 0 aliphatic rings. The van der Waals surface area contributed by atoms with Crippen molar-refractivity contribution in [3.05, 3.63) is 12.7 Å². The van der Waals surface area contributed by atoms with Crippen molar-refractivity contribution >= 4 is 0 Å². The van der Waals surface area contributed by atoms with E-state index in [-0.39, 0.29) is 0 Å². The highest BCUT2D eigenvalue weighted by Crippen LogP contribution is 2.11. The lowest BCUT2D eigenvalue weighted by atomic mass is 10.0. The van der Waals surface area contributed by atoms with Crippen LogP contribution in [0.1, 0.15) is 46.0 Å². The average molecular weight is 140 g/mol. The Balaban J connectivity index is 2.95. The Bertz CT molecular complexity index is 74.1. The zero-order valence-corrected chi connectivity index (χ0v) is 7.40. The lowest BCUT2D eigenvalue weighted by Crippen LogP contribution is -1.90. The Hall–Kier alpha value is -0.260. The SMILES string of the molecule is C=CCCCCC(C)CC. The van der Waals surface area contributed by atoms with Crippen LogP contribution in [0.15, 0.2) is 12.7 Å². The van der Waals surface area contributed by atoms with E-state index in [1.54, 1.807) is 0 Å². The van der Waals surface area contributed by atoms with Gasteiger partial charge in [-0.2, -0.15) is 0 Å². The molecule has 0 radical (unpaired) electrons. The van der Waals surface area contributed by atoms with Crippen molar-refractivity contribution in [2.24, 2.45) is 5.92 Å². The largest absolute Gasteiger partial charge is 0.103 e. The number of hydrogen-bond donors (Lipinski definition) is 0. The van der Waals surface area contributed by atoms with E-state index >= 15 is 0 Å². The minimum atomic E-state index is 0.921. The van der Waals surface area contributed by atoms with Crippen LogP contribution in [0.4, 0.5) is 0 Å². The van der Waals surface area contributed by atoms with Gasteiger partial charge in [-0.25, -0.2) is 0 Å². The predicted octanol–water partition coefficient (Wildman–Crippen LogP) is 3.78. The maximum absolute atomic E-state index is 3.70. The molecular formula is C10H20. The summed E-state index contributed by atoms with van der Waals surface area (Å²) in [4.78, 5) is 0. The van der Waals surface area contributed by atoms with Gasteiger partial charge >= 0.3 is 0 Å². The van der Waals surface area contributed by atoms with Gasteiger partial charge in [0.05, 0.1) is 0 Å². The molecule has 0 aliphatic carbocycles. The molecule has 0 aromatic heterocycles. The van der Waals surface area contributed by atoms with Crippen LogP contribution in [0.3, 0.4) is 0 Å². The molecule has 0 amide bonds. The third kappa shape index (κ3) is 5.87. The molecule has 0 fully saturated rings. The predicted molar refractivity (Wildman–Crippen MR) is 48.1 cm³/mol. The van der Waals surface area contributed by atoms with Crippen LogP contribution in [0.2, 0.25) is 0 Å². The zero-order valence-electron chi connectivity index (χ0n) is 7.40. The van der Waals surface area contributed by atoms with Crippen molar-refractivity contribution in [3.8, 4) is 0 Å². The minimum absolute atomic E-state index is 0.921. The molecule has 0 heteroatoms. The molecule has 0 aliphatic heterocycles. The molecule has 1 unspecified atom stereocenters. The third-order valence-corrected chi connectivity index (χ3v) is 2.05. The Labute approximate surface area is 65.3 Å². The van der Waals surface area contributed by atoms with Crippen molar-refractivity contribution < 1.29 is 0 Å². The Kier molecular flexibility index (Phi) is 6.68. The molecule has 10 heavy (non-hydrogen) atoms. The van der Waals surface area contributed by atoms with Crippen LogP contribution in [-0.4, -0.2) is 0 Å². The van der Waals surface area contributed by atoms with Crippen molar-refractivity contribution in [1.82, 2.24) is 0 Å². The van der Waals surface area contributed by atoms with Gasteiger partial charge in [0.2, 0.25) is 0 Å². The summed E-state index contributed by atoms with van der Waals surface area (Å²) in [5.41, 5.74) is 0. The molecule has 0 rings (SSSR count). The van der Waals surface area contributed by atoms with Crippen LogP contribution < -0.4 is 0 Å². The van der Waals surface area contributed by atoms with Gasteiger partial charge in [0.25, 0.3) is 0 Å². The van der Waals surface area contributed by atoms with Crippen molar-refractivity contribution in [2.45, 2.75) is 46.0 Å². The monoisotopic (exact) mass is 140 g/mol. The van der Waals surface area contributed by atoms with E-state index in [4.69, 9.17) is 0 Å². The molecule has 0 N–H and O–H groups in total. The van der Waals surface area contributed by atoms with E-state index in [2.05, 4.69) is 20.4 Å². The van der Waals surface area contributed by atoms with Crippen molar-refractivity contribution in [1.29, 1.82) is 0 Å². The van der Waals surface area contributed by atoms with Crippen molar-refractivity contribution in [2.75, 3.05) is 0 Å². The molecule has 0 aromatic carbocycles. The summed E-state index contributed by atoms with van der Waals surface area (Å²) in [6.45, 7) is 8.29. The first-order chi connectivity index (χ1) is 4.81. The van der Waals surface area contributed by atoms with Crippen LogP contribution in [0.25, 0.3) is 0 Å². The molecule has 0 saturated carbocycles. The van der Waals surface area contributed by atoms with Crippen LogP contribution in [0, 0.1) is 5.92 Å². The lowest BCUT2D eigenvalue weighted by molar-refractivity contribution is 0.486. The average Bonchev–Trinajstić information content (AvgIpc) is 1.98. The van der Waals surface area contributed by atoms with Gasteiger partial charge < -0.3 is 0 Å². The van der Waals surface area contributed by atoms with Crippen molar-refractivity contribution in [3.63, 3.8) is 0 Å². The molecule has 0 spiro atoms. The number of unbranched alkanes of at least 4 members (excludes halogenated alkanes) is 2. The van der Waals surface area contributed by atoms with Crippen LogP contribution in [-0.2, 0) is 0 Å². The van der Waals surface area contributed by atoms with E-state index in [1.165, 1.54) is 32.1 Å². The Morgan fingerprint density at radius 2 is 2.10 bits per heavy atom. The zero-order chi connectivity index (χ0) is 7.82. The van der Waals surface area contributed by atoms with E-state index in [9.17, 15) is 0 Å². The molecular weight excluding hydrogens is 120 g/mol. The molecule has 1 atom stereocenters. The van der Waals surface area contributed by atoms with Crippen LogP contribution in [0.5, 0.6) is 0 Å². The van der Waals surface area contributed by atoms with Crippen LogP contribution >= 0.6 is 0 Å². The van der Waals surface area contributed by atoms with Gasteiger partial charge in [-0.1, -0.05) is 39.2 Å². The van der Waals surface area contributed by atoms with Gasteiger partial charge in [0.1, 0.15) is 0 Å². The second-order valence-electron chi connectivity index (χ2n) is 3.09. The standard InChI is InChI=1S/C10H20/c1-4-6-7-8-9-10(3)5-2/h4,10H,1,5-9H2,2-3H3. The summed E-state index contributed by atoms with van der Waals surface area (Å²) in [5.74, 6) is 0.921. The molecule has 0 heterocycles. The fourth-order valence-corrected chi connectivity index (χ4v) is 0.986. The number of allylic oxidation sites excluding steroid dienone is 1. The summed E-state index contributed by atoms with van der Waals surface area (Å²) in [6, 6.07) is 0. The van der Waals surface area contributed by atoms with Gasteiger partial charge in [-0.05, 0) is 18.8 Å².